The molecule has 136 valence electrons. The van der Waals surface area contributed by atoms with Crippen molar-refractivity contribution in [1.29, 1.82) is 0 Å². The summed E-state index contributed by atoms with van der Waals surface area (Å²) < 4.78 is 7.44. The number of ether oxygens (including phenoxy) is 1. The van der Waals surface area contributed by atoms with Gasteiger partial charge in [0.2, 0.25) is 0 Å². The van der Waals surface area contributed by atoms with E-state index in [1.807, 2.05) is 49.4 Å². The predicted octanol–water partition coefficient (Wildman–Crippen LogP) is 5.03. The Hall–Kier alpha value is -3.27. The van der Waals surface area contributed by atoms with Gasteiger partial charge in [-0.05, 0) is 25.5 Å². The molecule has 0 saturated carbocycles. The van der Waals surface area contributed by atoms with Gasteiger partial charge in [0.25, 0.3) is 0 Å². The number of carbonyl (C=O) groups is 1. The number of nitrogens with zero attached hydrogens (tertiary/aromatic N) is 1. The molecule has 0 aliphatic heterocycles. The zero-order valence-electron chi connectivity index (χ0n) is 15.4. The number of benzene rings is 3. The van der Waals surface area contributed by atoms with Gasteiger partial charge in [0.1, 0.15) is 5.75 Å². The van der Waals surface area contributed by atoms with Crippen molar-refractivity contribution >= 4 is 27.6 Å². The highest BCUT2D eigenvalue weighted by atomic mass is 16.5. The Balaban J connectivity index is 2.07. The third kappa shape index (κ3) is 2.83. The summed E-state index contributed by atoms with van der Waals surface area (Å²) in [5.41, 5.74) is 3.43. The number of phenolic OH excluding ortho intramolecular Hbond substituents is 1. The zero-order chi connectivity index (χ0) is 19.0. The summed E-state index contributed by atoms with van der Waals surface area (Å²) in [5, 5.41) is 12.9. The van der Waals surface area contributed by atoms with Crippen LogP contribution in [0.2, 0.25) is 0 Å². The lowest BCUT2D eigenvalue weighted by Crippen LogP contribution is -2.08. The van der Waals surface area contributed by atoms with E-state index in [9.17, 15) is 9.90 Å². The van der Waals surface area contributed by atoms with E-state index < -0.39 is 0 Å². The van der Waals surface area contributed by atoms with Gasteiger partial charge in [0.05, 0.1) is 17.7 Å². The molecule has 4 aromatic rings. The van der Waals surface area contributed by atoms with Crippen LogP contribution in [-0.2, 0) is 11.3 Å². The van der Waals surface area contributed by atoms with Crippen LogP contribution in [0.25, 0.3) is 21.7 Å². The monoisotopic (exact) mass is 359 g/mol. The van der Waals surface area contributed by atoms with Crippen molar-refractivity contribution in [2.75, 3.05) is 6.61 Å². The molecule has 0 spiro atoms. The molecule has 0 saturated heterocycles. The van der Waals surface area contributed by atoms with Crippen molar-refractivity contribution in [1.82, 2.24) is 4.57 Å². The minimum atomic E-state index is -0.360. The molecule has 0 amide bonds. The molecule has 4 rings (SSSR count). The van der Waals surface area contributed by atoms with Crippen molar-refractivity contribution in [3.8, 4) is 5.75 Å². The van der Waals surface area contributed by atoms with Crippen molar-refractivity contribution in [3.05, 3.63) is 77.5 Å². The summed E-state index contributed by atoms with van der Waals surface area (Å²) in [6.45, 7) is 4.67. The van der Waals surface area contributed by atoms with Gasteiger partial charge < -0.3 is 14.4 Å². The molecule has 0 unspecified atom stereocenters. The van der Waals surface area contributed by atoms with E-state index in [0.29, 0.717) is 18.7 Å². The van der Waals surface area contributed by atoms with Gasteiger partial charge in [0.15, 0.2) is 0 Å². The standard InChI is InChI=1S/C23H21NO3/c1-3-27-23(26)21-15(2)24(14-16-9-5-4-6-10-16)22-18-12-8-7-11-17(18)20(25)13-19(21)22/h4-13,25H,3,14H2,1-2H3. The quantitative estimate of drug-likeness (QED) is 0.520. The maximum Gasteiger partial charge on any atom is 0.340 e. The van der Waals surface area contributed by atoms with Crippen LogP contribution in [0.3, 0.4) is 0 Å². The molecule has 1 heterocycles. The normalized spacial score (nSPS) is 11.2. The Labute approximate surface area is 157 Å². The first kappa shape index (κ1) is 17.2. The number of carbonyl (C=O) groups excluding carboxylic acids is 1. The fraction of sp³-hybridized carbons (Fsp3) is 0.174. The van der Waals surface area contributed by atoms with Gasteiger partial charge >= 0.3 is 5.97 Å². The van der Waals surface area contributed by atoms with Crippen LogP contribution in [0.4, 0.5) is 0 Å². The Morgan fingerprint density at radius 3 is 2.37 bits per heavy atom. The molecule has 3 aromatic carbocycles. The van der Waals surface area contributed by atoms with Crippen molar-refractivity contribution < 1.29 is 14.6 Å². The number of phenols is 1. The summed E-state index contributed by atoms with van der Waals surface area (Å²) in [6, 6.07) is 19.5. The molecular formula is C23H21NO3. The SMILES string of the molecule is CCOC(=O)c1c(C)n(Cc2ccccc2)c2c1cc(O)c1ccccc12. The minimum absolute atomic E-state index is 0.167. The van der Waals surface area contributed by atoms with Gasteiger partial charge in [-0.3, -0.25) is 0 Å². The summed E-state index contributed by atoms with van der Waals surface area (Å²) in [6.07, 6.45) is 0. The van der Waals surface area contributed by atoms with Crippen LogP contribution >= 0.6 is 0 Å². The van der Waals surface area contributed by atoms with Crippen LogP contribution in [0.15, 0.2) is 60.7 Å². The average Bonchev–Trinajstić information content (AvgIpc) is 2.95. The van der Waals surface area contributed by atoms with Gasteiger partial charge in [0, 0.05) is 28.4 Å². The summed E-state index contributed by atoms with van der Waals surface area (Å²) >= 11 is 0. The Kier molecular flexibility index (Phi) is 4.32. The highest BCUT2D eigenvalue weighted by molar-refractivity contribution is 6.16. The average molecular weight is 359 g/mol. The lowest BCUT2D eigenvalue weighted by molar-refractivity contribution is 0.0527. The Morgan fingerprint density at radius 1 is 1.00 bits per heavy atom. The number of rotatable bonds is 4. The van der Waals surface area contributed by atoms with Gasteiger partial charge in [-0.1, -0.05) is 54.6 Å². The molecule has 0 aliphatic rings. The molecule has 0 fully saturated rings. The fourth-order valence-electron chi connectivity index (χ4n) is 3.74. The second-order valence-electron chi connectivity index (χ2n) is 6.59. The summed E-state index contributed by atoms with van der Waals surface area (Å²) in [7, 11) is 0. The topological polar surface area (TPSA) is 51.5 Å². The molecular weight excluding hydrogens is 338 g/mol. The lowest BCUT2D eigenvalue weighted by Gasteiger charge is -2.11. The van der Waals surface area contributed by atoms with E-state index in [-0.39, 0.29) is 11.7 Å². The number of aromatic hydroxyl groups is 1. The molecule has 0 radical (unpaired) electrons. The first-order chi connectivity index (χ1) is 13.1. The first-order valence-electron chi connectivity index (χ1n) is 9.06. The third-order valence-electron chi connectivity index (χ3n) is 4.96. The second-order valence-corrected chi connectivity index (χ2v) is 6.59. The van der Waals surface area contributed by atoms with Crippen molar-refractivity contribution in [3.63, 3.8) is 0 Å². The fourth-order valence-corrected chi connectivity index (χ4v) is 3.74. The summed E-state index contributed by atoms with van der Waals surface area (Å²) in [5.74, 6) is -0.193. The smallest absolute Gasteiger partial charge is 0.340 e. The highest BCUT2D eigenvalue weighted by Gasteiger charge is 2.23. The number of aromatic nitrogens is 1. The largest absolute Gasteiger partial charge is 0.507 e. The van der Waals surface area contributed by atoms with E-state index >= 15 is 0 Å². The zero-order valence-corrected chi connectivity index (χ0v) is 15.4. The van der Waals surface area contributed by atoms with E-state index in [0.717, 1.165) is 32.9 Å². The van der Waals surface area contributed by atoms with Crippen molar-refractivity contribution in [2.45, 2.75) is 20.4 Å². The highest BCUT2D eigenvalue weighted by Crippen LogP contribution is 2.37. The van der Waals surface area contributed by atoms with Crippen LogP contribution in [0.5, 0.6) is 5.75 Å². The van der Waals surface area contributed by atoms with Crippen LogP contribution < -0.4 is 0 Å². The molecule has 0 bridgehead atoms. The first-order valence-corrected chi connectivity index (χ1v) is 9.06. The van der Waals surface area contributed by atoms with E-state index in [2.05, 4.69) is 16.7 Å². The maximum atomic E-state index is 12.7. The molecule has 1 N–H and O–H groups in total. The third-order valence-corrected chi connectivity index (χ3v) is 4.96. The Bertz CT molecular complexity index is 1140. The van der Waals surface area contributed by atoms with E-state index in [1.165, 1.54) is 0 Å². The van der Waals surface area contributed by atoms with Crippen molar-refractivity contribution in [2.24, 2.45) is 0 Å². The molecule has 0 aliphatic carbocycles. The van der Waals surface area contributed by atoms with Crippen LogP contribution in [0.1, 0.15) is 28.5 Å². The second kappa shape index (κ2) is 6.80. The molecule has 4 nitrogen and oxygen atoms in total. The van der Waals surface area contributed by atoms with Crippen LogP contribution in [0, 0.1) is 6.92 Å². The maximum absolute atomic E-state index is 12.7. The van der Waals surface area contributed by atoms with E-state index in [1.54, 1.807) is 13.0 Å². The molecule has 4 heteroatoms. The molecule has 1 aromatic heterocycles. The van der Waals surface area contributed by atoms with Crippen LogP contribution in [-0.4, -0.2) is 22.2 Å². The number of hydrogen-bond donors (Lipinski definition) is 1. The summed E-state index contributed by atoms with van der Waals surface area (Å²) in [4.78, 5) is 12.7. The molecule has 27 heavy (non-hydrogen) atoms. The predicted molar refractivity (Wildman–Crippen MR) is 107 cm³/mol. The van der Waals surface area contributed by atoms with E-state index in [4.69, 9.17) is 4.74 Å². The number of hydrogen-bond acceptors (Lipinski definition) is 3. The minimum Gasteiger partial charge on any atom is -0.507 e. The van der Waals surface area contributed by atoms with Gasteiger partial charge in [-0.15, -0.1) is 0 Å². The number of fused-ring (bicyclic) bond motifs is 3. The number of esters is 1. The lowest BCUT2D eigenvalue weighted by atomic mass is 10.0. The van der Waals surface area contributed by atoms with Gasteiger partial charge in [-0.25, -0.2) is 4.79 Å². The Morgan fingerprint density at radius 2 is 1.67 bits per heavy atom. The van der Waals surface area contributed by atoms with Gasteiger partial charge in [-0.2, -0.15) is 0 Å². The molecule has 0 atom stereocenters.